The van der Waals surface area contributed by atoms with Crippen molar-refractivity contribution in [3.63, 3.8) is 0 Å². The number of hydrogen-bond donors (Lipinski definition) is 2. The van der Waals surface area contributed by atoms with Gasteiger partial charge in [0.25, 0.3) is 0 Å². The van der Waals surface area contributed by atoms with Crippen molar-refractivity contribution in [2.75, 3.05) is 0 Å². The first-order valence-electron chi connectivity index (χ1n) is 6.76. The lowest BCUT2D eigenvalue weighted by molar-refractivity contribution is -0.122. The summed E-state index contributed by atoms with van der Waals surface area (Å²) in [5.41, 5.74) is 0.105. The number of aromatic carboxylic acids is 1. The Hall–Kier alpha value is -2.50. The van der Waals surface area contributed by atoms with Gasteiger partial charge >= 0.3 is 5.97 Å². The Kier molecular flexibility index (Phi) is 4.81. The second-order valence-corrected chi connectivity index (χ2v) is 4.91. The smallest absolute Gasteiger partial charge is 0.352 e. The van der Waals surface area contributed by atoms with Crippen LogP contribution < -0.4 is 5.32 Å². The number of nitrogens with one attached hydrogen (secondary N) is 1. The van der Waals surface area contributed by atoms with Crippen LogP contribution in [0, 0.1) is 0 Å². The van der Waals surface area contributed by atoms with Crippen LogP contribution in [0.1, 0.15) is 29.6 Å². The molecule has 112 valence electrons. The lowest BCUT2D eigenvalue weighted by atomic mass is 10.1. The fourth-order valence-corrected chi connectivity index (χ4v) is 2.11. The molecule has 21 heavy (non-hydrogen) atoms. The molecular weight excluding hydrogens is 272 g/mol. The molecule has 1 atom stereocenters. The van der Waals surface area contributed by atoms with Crippen LogP contribution in [0.25, 0.3) is 0 Å². The molecule has 0 spiro atoms. The summed E-state index contributed by atoms with van der Waals surface area (Å²) >= 11 is 0. The lowest BCUT2D eigenvalue weighted by Crippen LogP contribution is -2.35. The molecule has 0 radical (unpaired) electrons. The number of carboxylic acid groups (broad SMARTS) is 1. The van der Waals surface area contributed by atoms with E-state index in [1.165, 1.54) is 10.6 Å². The Bertz CT molecular complexity index is 601. The van der Waals surface area contributed by atoms with E-state index in [0.717, 1.165) is 18.6 Å². The number of rotatable bonds is 7. The number of aromatic nitrogens is 1. The third-order valence-electron chi connectivity index (χ3n) is 3.17. The SMILES string of the molecule is CC(CCc1ccco1)NC(=O)Cn1cccc1C(=O)O. The molecule has 2 rings (SSSR count). The maximum absolute atomic E-state index is 11.9. The highest BCUT2D eigenvalue weighted by Crippen LogP contribution is 2.06. The second kappa shape index (κ2) is 6.78. The van der Waals surface area contributed by atoms with Crippen molar-refractivity contribution in [1.82, 2.24) is 9.88 Å². The summed E-state index contributed by atoms with van der Waals surface area (Å²) in [6, 6.07) is 6.80. The molecule has 1 amide bonds. The van der Waals surface area contributed by atoms with Crippen LogP contribution in [0.2, 0.25) is 0 Å². The number of aryl methyl sites for hydroxylation is 1. The number of nitrogens with zero attached hydrogens (tertiary/aromatic N) is 1. The highest BCUT2D eigenvalue weighted by molar-refractivity contribution is 5.86. The topological polar surface area (TPSA) is 84.5 Å². The molecule has 0 saturated carbocycles. The Labute approximate surface area is 122 Å². The van der Waals surface area contributed by atoms with E-state index in [2.05, 4.69) is 5.32 Å². The first-order chi connectivity index (χ1) is 10.1. The van der Waals surface area contributed by atoms with E-state index >= 15 is 0 Å². The summed E-state index contributed by atoms with van der Waals surface area (Å²) < 4.78 is 6.65. The van der Waals surface area contributed by atoms with Crippen LogP contribution in [0.4, 0.5) is 0 Å². The summed E-state index contributed by atoms with van der Waals surface area (Å²) in [5, 5.41) is 11.8. The zero-order valence-electron chi connectivity index (χ0n) is 11.8. The lowest BCUT2D eigenvalue weighted by Gasteiger charge is -2.14. The van der Waals surface area contributed by atoms with Gasteiger partial charge in [0, 0.05) is 18.7 Å². The summed E-state index contributed by atoms with van der Waals surface area (Å²) in [6.45, 7) is 1.91. The molecule has 0 bridgehead atoms. The first-order valence-corrected chi connectivity index (χ1v) is 6.76. The molecule has 0 aromatic carbocycles. The van der Waals surface area contributed by atoms with Crippen molar-refractivity contribution in [3.05, 3.63) is 48.2 Å². The van der Waals surface area contributed by atoms with E-state index in [4.69, 9.17) is 9.52 Å². The molecule has 0 saturated heterocycles. The number of amides is 1. The fraction of sp³-hybridized carbons (Fsp3) is 0.333. The van der Waals surface area contributed by atoms with E-state index < -0.39 is 5.97 Å². The molecule has 0 aliphatic carbocycles. The van der Waals surface area contributed by atoms with Gasteiger partial charge in [-0.2, -0.15) is 0 Å². The zero-order chi connectivity index (χ0) is 15.2. The highest BCUT2D eigenvalue weighted by atomic mass is 16.4. The van der Waals surface area contributed by atoms with Crippen molar-refractivity contribution < 1.29 is 19.1 Å². The minimum Gasteiger partial charge on any atom is -0.477 e. The van der Waals surface area contributed by atoms with Gasteiger partial charge in [0.05, 0.1) is 6.26 Å². The minimum atomic E-state index is -1.04. The quantitative estimate of drug-likeness (QED) is 0.816. The van der Waals surface area contributed by atoms with Crippen molar-refractivity contribution in [2.24, 2.45) is 0 Å². The van der Waals surface area contributed by atoms with Crippen LogP contribution in [-0.4, -0.2) is 27.6 Å². The average molecular weight is 290 g/mol. The Morgan fingerprint density at radius 3 is 2.86 bits per heavy atom. The average Bonchev–Trinajstić information content (AvgIpc) is 3.06. The largest absolute Gasteiger partial charge is 0.477 e. The Morgan fingerprint density at radius 1 is 1.38 bits per heavy atom. The van der Waals surface area contributed by atoms with Gasteiger partial charge in [-0.1, -0.05) is 0 Å². The molecule has 0 aliphatic heterocycles. The molecule has 6 nitrogen and oxygen atoms in total. The molecule has 2 aromatic heterocycles. The molecule has 2 aromatic rings. The zero-order valence-corrected chi connectivity index (χ0v) is 11.8. The first kappa shape index (κ1) is 14.9. The number of hydrogen-bond acceptors (Lipinski definition) is 3. The highest BCUT2D eigenvalue weighted by Gasteiger charge is 2.13. The molecule has 0 aliphatic rings. The standard InChI is InChI=1S/C15H18N2O4/c1-11(6-7-12-4-3-9-21-12)16-14(18)10-17-8-2-5-13(17)15(19)20/h2-5,8-9,11H,6-7,10H2,1H3,(H,16,18)(H,19,20). The van der Waals surface area contributed by atoms with Crippen molar-refractivity contribution in [2.45, 2.75) is 32.4 Å². The Balaban J connectivity index is 1.81. The van der Waals surface area contributed by atoms with Crippen LogP contribution in [0.15, 0.2) is 41.1 Å². The Morgan fingerprint density at radius 2 is 2.19 bits per heavy atom. The van der Waals surface area contributed by atoms with E-state index in [1.54, 1.807) is 18.5 Å². The molecule has 0 fully saturated rings. The van der Waals surface area contributed by atoms with Gasteiger partial charge in [-0.25, -0.2) is 4.79 Å². The van der Waals surface area contributed by atoms with Crippen LogP contribution in [-0.2, 0) is 17.8 Å². The predicted molar refractivity (Wildman–Crippen MR) is 76.0 cm³/mol. The monoisotopic (exact) mass is 290 g/mol. The van der Waals surface area contributed by atoms with Crippen LogP contribution >= 0.6 is 0 Å². The molecule has 6 heteroatoms. The molecule has 2 N–H and O–H groups in total. The normalized spacial score (nSPS) is 12.0. The van der Waals surface area contributed by atoms with Crippen molar-refractivity contribution in [3.8, 4) is 0 Å². The van der Waals surface area contributed by atoms with Crippen molar-refractivity contribution in [1.29, 1.82) is 0 Å². The van der Waals surface area contributed by atoms with E-state index in [1.807, 2.05) is 19.1 Å². The number of carbonyl (C=O) groups is 2. The second-order valence-electron chi connectivity index (χ2n) is 4.91. The molecule has 1 unspecified atom stereocenters. The molecule has 2 heterocycles. The van der Waals surface area contributed by atoms with Crippen molar-refractivity contribution >= 4 is 11.9 Å². The predicted octanol–water partition coefficient (Wildman–Crippen LogP) is 1.92. The van der Waals surface area contributed by atoms with E-state index in [9.17, 15) is 9.59 Å². The fourth-order valence-electron chi connectivity index (χ4n) is 2.11. The maximum Gasteiger partial charge on any atom is 0.352 e. The molecular formula is C15H18N2O4. The summed E-state index contributed by atoms with van der Waals surface area (Å²) in [7, 11) is 0. The number of furan rings is 1. The van der Waals surface area contributed by atoms with E-state index in [-0.39, 0.29) is 24.2 Å². The maximum atomic E-state index is 11.9. The number of carbonyl (C=O) groups excluding carboxylic acids is 1. The van der Waals surface area contributed by atoms with Crippen LogP contribution in [0.5, 0.6) is 0 Å². The van der Waals surface area contributed by atoms with Gasteiger partial charge in [-0.05, 0) is 37.6 Å². The number of carboxylic acids is 1. The van der Waals surface area contributed by atoms with Gasteiger partial charge < -0.3 is 19.4 Å². The third-order valence-corrected chi connectivity index (χ3v) is 3.17. The van der Waals surface area contributed by atoms with Gasteiger partial charge in [0.1, 0.15) is 18.0 Å². The summed E-state index contributed by atoms with van der Waals surface area (Å²) in [4.78, 5) is 22.9. The van der Waals surface area contributed by atoms with Gasteiger partial charge in [0.15, 0.2) is 0 Å². The summed E-state index contributed by atoms with van der Waals surface area (Å²) in [5.74, 6) is -0.367. The van der Waals surface area contributed by atoms with Gasteiger partial charge in [0.2, 0.25) is 5.91 Å². The van der Waals surface area contributed by atoms with Crippen LogP contribution in [0.3, 0.4) is 0 Å². The summed E-state index contributed by atoms with van der Waals surface area (Å²) in [6.07, 6.45) is 4.71. The van der Waals surface area contributed by atoms with Gasteiger partial charge in [-0.3, -0.25) is 4.79 Å². The third kappa shape index (κ3) is 4.24. The van der Waals surface area contributed by atoms with E-state index in [0.29, 0.717) is 0 Å². The van der Waals surface area contributed by atoms with Gasteiger partial charge in [-0.15, -0.1) is 0 Å². The minimum absolute atomic E-state index is 0.000273.